The van der Waals surface area contributed by atoms with Crippen LogP contribution in [0.5, 0.6) is 0 Å². The minimum absolute atomic E-state index is 0.113. The van der Waals surface area contributed by atoms with Crippen LogP contribution in [0.1, 0.15) is 22.3 Å². The molecule has 0 spiro atoms. The lowest BCUT2D eigenvalue weighted by atomic mass is 9.97. The fraction of sp³-hybridized carbons (Fsp3) is 0.294. The van der Waals surface area contributed by atoms with Gasteiger partial charge in [-0.15, -0.1) is 0 Å². The van der Waals surface area contributed by atoms with Gasteiger partial charge in [-0.25, -0.2) is 0 Å². The summed E-state index contributed by atoms with van der Waals surface area (Å²) in [6.07, 6.45) is -3.87. The summed E-state index contributed by atoms with van der Waals surface area (Å²) in [5.41, 5.74) is 2.03. The van der Waals surface area contributed by atoms with Crippen molar-refractivity contribution in [2.75, 3.05) is 6.61 Å². The van der Waals surface area contributed by atoms with Crippen LogP contribution in [0.25, 0.3) is 0 Å². The molecule has 1 aliphatic rings. The highest BCUT2D eigenvalue weighted by molar-refractivity contribution is 9.11. The molecule has 0 unspecified atom stereocenters. The molecule has 1 saturated carbocycles. The molecule has 1 fully saturated rings. The molecule has 4 aromatic carbocycles. The van der Waals surface area contributed by atoms with Crippen molar-refractivity contribution in [1.29, 1.82) is 0 Å². The Morgan fingerprint density at radius 3 is 1.30 bits per heavy atom. The topological polar surface area (TPSA) is 77.4 Å². The van der Waals surface area contributed by atoms with Crippen LogP contribution in [0, 0.1) is 0 Å². The van der Waals surface area contributed by atoms with Gasteiger partial charge < -0.3 is 29.2 Å². The fourth-order valence-electron chi connectivity index (χ4n) is 5.30. The molecule has 0 amide bonds. The van der Waals surface area contributed by atoms with E-state index in [0.717, 1.165) is 40.1 Å². The van der Waals surface area contributed by atoms with E-state index in [4.69, 9.17) is 18.9 Å². The Bertz CT molecular complexity index is 1540. The molecule has 4 aromatic rings. The van der Waals surface area contributed by atoms with Crippen LogP contribution in [-0.4, -0.2) is 46.8 Å². The van der Waals surface area contributed by atoms with Gasteiger partial charge in [-0.1, -0.05) is 137 Å². The van der Waals surface area contributed by atoms with Crippen molar-refractivity contribution in [2.45, 2.75) is 56.4 Å². The van der Waals surface area contributed by atoms with Gasteiger partial charge in [0.15, 0.2) is 0 Å². The molecule has 0 aliphatic heterocycles. The summed E-state index contributed by atoms with van der Waals surface area (Å²) in [6, 6.07) is 31.0. The van der Waals surface area contributed by atoms with Crippen molar-refractivity contribution in [3.63, 3.8) is 0 Å². The smallest absolute Gasteiger partial charge is 0.149 e. The molecule has 0 bridgehead atoms. The van der Waals surface area contributed by atoms with Gasteiger partial charge >= 0.3 is 0 Å². The Morgan fingerprint density at radius 2 is 0.886 bits per heavy atom. The average molecular weight is 856 g/mol. The van der Waals surface area contributed by atoms with E-state index >= 15 is 0 Å². The molecule has 5 atom stereocenters. The number of benzene rings is 4. The number of hydrogen-bond acceptors (Lipinski definition) is 6. The van der Waals surface area contributed by atoms with Crippen molar-refractivity contribution < 1.29 is 29.2 Å². The van der Waals surface area contributed by atoms with Crippen molar-refractivity contribution in [2.24, 2.45) is 0 Å². The van der Waals surface area contributed by atoms with Crippen molar-refractivity contribution >= 4 is 63.7 Å². The van der Waals surface area contributed by atoms with E-state index in [1.54, 1.807) is 0 Å². The molecular weight excluding hydrogens is 824 g/mol. The summed E-state index contributed by atoms with van der Waals surface area (Å²) >= 11 is 14.4. The van der Waals surface area contributed by atoms with E-state index in [9.17, 15) is 10.2 Å². The maximum absolute atomic E-state index is 12.0. The van der Waals surface area contributed by atoms with Crippen LogP contribution in [0.15, 0.2) is 115 Å². The van der Waals surface area contributed by atoms with Crippen LogP contribution in [0.2, 0.25) is 0 Å². The summed E-state index contributed by atoms with van der Waals surface area (Å²) < 4.78 is 29.6. The number of hydrogen-bond donors (Lipinski definition) is 2. The van der Waals surface area contributed by atoms with Gasteiger partial charge in [0.05, 0.1) is 33.0 Å². The van der Waals surface area contributed by atoms with E-state index in [1.165, 1.54) is 0 Å². The first-order valence-electron chi connectivity index (χ1n) is 14.1. The first kappa shape index (κ1) is 33.9. The normalized spacial score (nSPS) is 23.2. The predicted octanol–water partition coefficient (Wildman–Crippen LogP) is 8.12. The molecule has 1 aliphatic carbocycles. The summed E-state index contributed by atoms with van der Waals surface area (Å²) in [5, 5.41) is 23.1. The number of halogens is 4. The Balaban J connectivity index is 1.51. The lowest BCUT2D eigenvalue weighted by molar-refractivity contribution is -0.212. The largest absolute Gasteiger partial charge is 0.393 e. The van der Waals surface area contributed by atoms with Gasteiger partial charge in [0.2, 0.25) is 0 Å². The monoisotopic (exact) mass is 852 g/mol. The Hall–Kier alpha value is -1.44. The molecule has 5 rings (SSSR count). The van der Waals surface area contributed by atoms with E-state index in [0.29, 0.717) is 0 Å². The number of rotatable bonds is 13. The van der Waals surface area contributed by atoms with Crippen LogP contribution >= 0.6 is 63.7 Å². The van der Waals surface area contributed by atoms with E-state index in [-0.39, 0.29) is 26.4 Å². The quantitative estimate of drug-likeness (QED) is 0.142. The highest BCUT2D eigenvalue weighted by atomic mass is 79.9. The third-order valence-electron chi connectivity index (χ3n) is 7.77. The standard InChI is InChI=1S/C34H32Br4O6/c35-26-13-5-1-9-22(26)17-41-30-31(42-18-23-10-2-6-14-27(23)36)33(43-19-24-11-3-7-15-28(24)37)34(21-39,32(30)40)44-20-25-12-4-8-16-29(25)38/h1-16,30-33,39-40H,17-21H2/t30-,31+,32+,33-,34+/m0/s1. The van der Waals surface area contributed by atoms with Crippen LogP contribution in [0.4, 0.5) is 0 Å². The Labute approximate surface area is 291 Å². The third kappa shape index (κ3) is 7.74. The highest BCUT2D eigenvalue weighted by Crippen LogP contribution is 2.42. The molecule has 0 aromatic heterocycles. The Kier molecular flexibility index (Phi) is 12.3. The summed E-state index contributed by atoms with van der Waals surface area (Å²) in [5.74, 6) is 0. The second-order valence-corrected chi connectivity index (χ2v) is 13.9. The molecule has 0 radical (unpaired) electrons. The molecule has 2 N–H and O–H groups in total. The molecular formula is C34H32Br4O6. The maximum Gasteiger partial charge on any atom is 0.149 e. The van der Waals surface area contributed by atoms with Crippen molar-refractivity contribution in [1.82, 2.24) is 0 Å². The summed E-state index contributed by atoms with van der Waals surface area (Å²) in [6.45, 7) is 0.185. The minimum Gasteiger partial charge on any atom is -0.393 e. The molecule has 44 heavy (non-hydrogen) atoms. The minimum atomic E-state index is -1.56. The van der Waals surface area contributed by atoms with Crippen LogP contribution in [-0.2, 0) is 45.4 Å². The van der Waals surface area contributed by atoms with Gasteiger partial charge in [-0.2, -0.15) is 0 Å². The van der Waals surface area contributed by atoms with Crippen LogP contribution < -0.4 is 0 Å². The first-order valence-corrected chi connectivity index (χ1v) is 17.2. The van der Waals surface area contributed by atoms with Crippen molar-refractivity contribution in [3.05, 3.63) is 137 Å². The number of ether oxygens (including phenoxy) is 4. The molecule has 6 nitrogen and oxygen atoms in total. The SMILES string of the molecule is OC[C@@]1(OCc2ccccc2Br)[C@H](O)[C@@H](OCc2ccccc2Br)[C@@H](OCc2ccccc2Br)[C@@H]1OCc1ccccc1Br. The molecule has 232 valence electrons. The predicted molar refractivity (Wildman–Crippen MR) is 183 cm³/mol. The third-order valence-corrected chi connectivity index (χ3v) is 10.9. The fourth-order valence-corrected chi connectivity index (χ4v) is 6.90. The second-order valence-electron chi connectivity index (χ2n) is 10.5. The van der Waals surface area contributed by atoms with E-state index in [2.05, 4.69) is 63.7 Å². The second kappa shape index (κ2) is 15.9. The van der Waals surface area contributed by atoms with Gasteiger partial charge in [-0.3, -0.25) is 0 Å². The zero-order chi connectivity index (χ0) is 31.1. The highest BCUT2D eigenvalue weighted by Gasteiger charge is 2.63. The van der Waals surface area contributed by atoms with Gasteiger partial charge in [-0.05, 0) is 46.5 Å². The summed E-state index contributed by atoms with van der Waals surface area (Å²) in [4.78, 5) is 0. The maximum atomic E-state index is 12.0. The molecule has 10 heteroatoms. The lowest BCUT2D eigenvalue weighted by Gasteiger charge is -2.37. The molecule has 0 heterocycles. The van der Waals surface area contributed by atoms with Gasteiger partial charge in [0, 0.05) is 17.9 Å². The average Bonchev–Trinajstić information content (AvgIpc) is 3.25. The van der Waals surface area contributed by atoms with Crippen LogP contribution in [0.3, 0.4) is 0 Å². The van der Waals surface area contributed by atoms with Gasteiger partial charge in [0.1, 0.15) is 30.0 Å². The zero-order valence-corrected chi connectivity index (χ0v) is 30.0. The lowest BCUT2D eigenvalue weighted by Crippen LogP contribution is -2.55. The first-order chi connectivity index (χ1) is 21.3. The summed E-state index contributed by atoms with van der Waals surface area (Å²) in [7, 11) is 0. The molecule has 0 saturated heterocycles. The zero-order valence-electron chi connectivity index (χ0n) is 23.6. The van der Waals surface area contributed by atoms with E-state index < -0.39 is 36.6 Å². The Morgan fingerprint density at radius 1 is 0.523 bits per heavy atom. The van der Waals surface area contributed by atoms with Gasteiger partial charge in [0.25, 0.3) is 0 Å². The van der Waals surface area contributed by atoms with Crippen molar-refractivity contribution in [3.8, 4) is 0 Å². The van der Waals surface area contributed by atoms with E-state index in [1.807, 2.05) is 97.1 Å². The number of aliphatic hydroxyl groups is 2. The number of aliphatic hydroxyl groups excluding tert-OH is 2.